The van der Waals surface area contributed by atoms with Crippen LogP contribution in [0.4, 0.5) is 11.4 Å². The maximum absolute atomic E-state index is 11.9. The number of nitro benzene ring substituents is 1. The van der Waals surface area contributed by atoms with E-state index >= 15 is 0 Å². The summed E-state index contributed by atoms with van der Waals surface area (Å²) in [5, 5.41) is 16.8. The van der Waals surface area contributed by atoms with Gasteiger partial charge in [0.1, 0.15) is 0 Å². The van der Waals surface area contributed by atoms with Crippen LogP contribution in [-0.2, 0) is 16.0 Å². The van der Waals surface area contributed by atoms with E-state index in [1.54, 1.807) is 12.1 Å². The van der Waals surface area contributed by atoms with Gasteiger partial charge in [0.05, 0.1) is 11.1 Å². The predicted molar refractivity (Wildman–Crippen MR) is 93.3 cm³/mol. The van der Waals surface area contributed by atoms with Crippen LogP contribution >= 0.6 is 0 Å². The average molecular weight is 340 g/mol. The van der Waals surface area contributed by atoms with Crippen LogP contribution in [0.2, 0.25) is 0 Å². The average Bonchev–Trinajstić information content (AvgIpc) is 2.62. The van der Waals surface area contributed by atoms with Gasteiger partial charge in [0.15, 0.2) is 0 Å². The normalized spacial score (nSPS) is 10.4. The lowest BCUT2D eigenvalue weighted by atomic mass is 10.1. The molecule has 25 heavy (non-hydrogen) atoms. The summed E-state index contributed by atoms with van der Waals surface area (Å²) in [4.78, 5) is 33.7. The molecule has 0 unspecified atom stereocenters. The van der Waals surface area contributed by atoms with Gasteiger partial charge in [0.2, 0.25) is 0 Å². The van der Waals surface area contributed by atoms with E-state index in [0.29, 0.717) is 11.3 Å². The van der Waals surface area contributed by atoms with Crippen LogP contribution in [0.3, 0.4) is 0 Å². The number of aryl methyl sites for hydroxylation is 1. The molecule has 2 aromatic carbocycles. The fraction of sp³-hybridized carbons (Fsp3) is 0.118. The van der Waals surface area contributed by atoms with Crippen molar-refractivity contribution in [3.05, 3.63) is 69.8 Å². The van der Waals surface area contributed by atoms with Gasteiger partial charge in [-0.2, -0.15) is 5.10 Å². The Hall–Kier alpha value is -3.55. The molecule has 0 bridgehead atoms. The SMILES string of the molecule is CCc1ccccc1NC(=O)C(=O)N/N=C\c1ccc([N+](=O)[O-])cc1. The fourth-order valence-corrected chi connectivity index (χ4v) is 2.03. The smallest absolute Gasteiger partial charge is 0.317 e. The number of carbonyl (C=O) groups excluding carboxylic acids is 2. The zero-order valence-electron chi connectivity index (χ0n) is 13.4. The minimum Gasteiger partial charge on any atom is -0.317 e. The number of hydrogen-bond acceptors (Lipinski definition) is 5. The number of para-hydroxylation sites is 1. The number of nitrogens with one attached hydrogen (secondary N) is 2. The highest BCUT2D eigenvalue weighted by Crippen LogP contribution is 2.15. The number of non-ortho nitro benzene ring substituents is 1. The van der Waals surface area contributed by atoms with E-state index in [9.17, 15) is 19.7 Å². The molecule has 2 amide bonds. The summed E-state index contributed by atoms with van der Waals surface area (Å²) in [7, 11) is 0. The van der Waals surface area contributed by atoms with Crippen molar-refractivity contribution < 1.29 is 14.5 Å². The van der Waals surface area contributed by atoms with Crippen LogP contribution in [0.15, 0.2) is 53.6 Å². The summed E-state index contributed by atoms with van der Waals surface area (Å²) in [5.41, 5.74) is 4.10. The molecular weight excluding hydrogens is 324 g/mol. The molecule has 0 aliphatic rings. The van der Waals surface area contributed by atoms with E-state index < -0.39 is 16.7 Å². The quantitative estimate of drug-likeness (QED) is 0.376. The minimum absolute atomic E-state index is 0.0462. The van der Waals surface area contributed by atoms with Crippen LogP contribution in [-0.4, -0.2) is 23.0 Å². The number of hydrogen-bond donors (Lipinski definition) is 2. The van der Waals surface area contributed by atoms with Crippen LogP contribution < -0.4 is 10.7 Å². The molecule has 8 heteroatoms. The van der Waals surface area contributed by atoms with E-state index in [1.165, 1.54) is 30.5 Å². The zero-order valence-corrected chi connectivity index (χ0v) is 13.4. The van der Waals surface area contributed by atoms with Crippen LogP contribution in [0, 0.1) is 10.1 Å². The number of nitrogens with zero attached hydrogens (tertiary/aromatic N) is 2. The molecule has 0 aliphatic carbocycles. The molecule has 0 saturated heterocycles. The number of hydrazone groups is 1. The lowest BCUT2D eigenvalue weighted by Crippen LogP contribution is -2.32. The monoisotopic (exact) mass is 340 g/mol. The van der Waals surface area contributed by atoms with Gasteiger partial charge in [-0.1, -0.05) is 25.1 Å². The Bertz CT molecular complexity index is 816. The molecule has 0 spiro atoms. The van der Waals surface area contributed by atoms with E-state index in [1.807, 2.05) is 19.1 Å². The predicted octanol–water partition coefficient (Wildman–Crippen LogP) is 2.25. The molecule has 2 aromatic rings. The molecule has 8 nitrogen and oxygen atoms in total. The maximum atomic E-state index is 11.9. The third-order valence-electron chi connectivity index (χ3n) is 3.34. The van der Waals surface area contributed by atoms with Gasteiger partial charge in [-0.25, -0.2) is 5.43 Å². The lowest BCUT2D eigenvalue weighted by molar-refractivity contribution is -0.384. The van der Waals surface area contributed by atoms with Crippen molar-refractivity contribution in [1.29, 1.82) is 0 Å². The lowest BCUT2D eigenvalue weighted by Gasteiger charge is -2.08. The van der Waals surface area contributed by atoms with Crippen LogP contribution in [0.25, 0.3) is 0 Å². The van der Waals surface area contributed by atoms with Gasteiger partial charge < -0.3 is 5.32 Å². The third-order valence-corrected chi connectivity index (χ3v) is 3.34. The molecule has 2 rings (SSSR count). The fourth-order valence-electron chi connectivity index (χ4n) is 2.03. The second kappa shape index (κ2) is 8.34. The topological polar surface area (TPSA) is 114 Å². The first kappa shape index (κ1) is 17.8. The van der Waals surface area contributed by atoms with Crippen LogP contribution in [0.5, 0.6) is 0 Å². The summed E-state index contributed by atoms with van der Waals surface area (Å²) < 4.78 is 0. The Kier molecular flexibility index (Phi) is 5.94. The summed E-state index contributed by atoms with van der Waals surface area (Å²) in [5.74, 6) is -1.74. The van der Waals surface area contributed by atoms with Crippen molar-refractivity contribution in [2.75, 3.05) is 5.32 Å². The molecule has 2 N–H and O–H groups in total. The standard InChI is InChI=1S/C17H16N4O4/c1-2-13-5-3-4-6-15(13)19-16(22)17(23)20-18-11-12-7-9-14(10-8-12)21(24)25/h3-11H,2H2,1H3,(H,19,22)(H,20,23)/b18-11-. The van der Waals surface area contributed by atoms with Crippen molar-refractivity contribution in [2.45, 2.75) is 13.3 Å². The molecule has 0 heterocycles. The summed E-state index contributed by atoms with van der Waals surface area (Å²) in [6, 6.07) is 12.8. The largest absolute Gasteiger partial charge is 0.329 e. The Morgan fingerprint density at radius 3 is 2.44 bits per heavy atom. The molecular formula is C17H16N4O4. The number of carbonyl (C=O) groups is 2. The molecule has 0 atom stereocenters. The van der Waals surface area contributed by atoms with Gasteiger partial charge in [-0.05, 0) is 35.7 Å². The minimum atomic E-state index is -0.913. The first-order valence-electron chi connectivity index (χ1n) is 7.48. The maximum Gasteiger partial charge on any atom is 0.329 e. The molecule has 0 fully saturated rings. The molecule has 0 radical (unpaired) electrons. The Morgan fingerprint density at radius 1 is 1.12 bits per heavy atom. The van der Waals surface area contributed by atoms with E-state index in [0.717, 1.165) is 12.0 Å². The second-order valence-corrected chi connectivity index (χ2v) is 5.01. The third kappa shape index (κ3) is 4.96. The number of nitro groups is 1. The van der Waals surface area contributed by atoms with Crippen molar-refractivity contribution in [3.63, 3.8) is 0 Å². The number of rotatable bonds is 5. The highest BCUT2D eigenvalue weighted by atomic mass is 16.6. The first-order chi connectivity index (χ1) is 12.0. The Balaban J connectivity index is 1.92. The van der Waals surface area contributed by atoms with Gasteiger partial charge in [0.25, 0.3) is 5.69 Å². The highest BCUT2D eigenvalue weighted by molar-refractivity contribution is 6.39. The summed E-state index contributed by atoms with van der Waals surface area (Å²) in [6.07, 6.45) is 2.01. The van der Waals surface area contributed by atoms with Crippen molar-refractivity contribution in [1.82, 2.24) is 5.43 Å². The molecule has 128 valence electrons. The highest BCUT2D eigenvalue weighted by Gasteiger charge is 2.14. The van der Waals surface area contributed by atoms with E-state index in [2.05, 4.69) is 15.8 Å². The van der Waals surface area contributed by atoms with Gasteiger partial charge >= 0.3 is 11.8 Å². The van der Waals surface area contributed by atoms with E-state index in [-0.39, 0.29) is 5.69 Å². The zero-order chi connectivity index (χ0) is 18.2. The van der Waals surface area contributed by atoms with Gasteiger partial charge in [-0.15, -0.1) is 0 Å². The Labute approximate surface area is 143 Å². The van der Waals surface area contributed by atoms with Crippen LogP contribution in [0.1, 0.15) is 18.1 Å². The number of anilines is 1. The van der Waals surface area contributed by atoms with Gasteiger partial charge in [-0.3, -0.25) is 19.7 Å². The van der Waals surface area contributed by atoms with Crippen molar-refractivity contribution in [3.8, 4) is 0 Å². The van der Waals surface area contributed by atoms with Gasteiger partial charge in [0, 0.05) is 17.8 Å². The van der Waals surface area contributed by atoms with Crippen molar-refractivity contribution in [2.24, 2.45) is 5.10 Å². The molecule has 0 aromatic heterocycles. The molecule has 0 aliphatic heterocycles. The van der Waals surface area contributed by atoms with Crippen molar-refractivity contribution >= 4 is 29.4 Å². The Morgan fingerprint density at radius 2 is 1.80 bits per heavy atom. The number of amides is 2. The van der Waals surface area contributed by atoms with E-state index in [4.69, 9.17) is 0 Å². The summed E-state index contributed by atoms with van der Waals surface area (Å²) in [6.45, 7) is 1.94. The second-order valence-electron chi connectivity index (χ2n) is 5.01. The summed E-state index contributed by atoms with van der Waals surface area (Å²) >= 11 is 0. The molecule has 0 saturated carbocycles. The number of benzene rings is 2. The first-order valence-corrected chi connectivity index (χ1v) is 7.48.